The Hall–Kier alpha value is -1.92. The Kier molecular flexibility index (Phi) is 4.93. The number of nitrogens with two attached hydrogens (primary N) is 1. The number of imidazole rings is 1. The van der Waals surface area contributed by atoms with E-state index < -0.39 is 0 Å². The Morgan fingerprint density at radius 2 is 2.24 bits per heavy atom. The van der Waals surface area contributed by atoms with Gasteiger partial charge in [-0.15, -0.1) is 0 Å². The van der Waals surface area contributed by atoms with E-state index in [0.717, 1.165) is 0 Å². The van der Waals surface area contributed by atoms with Gasteiger partial charge in [-0.05, 0) is 31.5 Å². The van der Waals surface area contributed by atoms with Crippen molar-refractivity contribution in [2.45, 2.75) is 26.4 Å². The van der Waals surface area contributed by atoms with Crippen molar-refractivity contribution in [3.63, 3.8) is 0 Å². The second kappa shape index (κ2) is 6.69. The zero-order chi connectivity index (χ0) is 15.4. The maximum atomic E-state index is 5.87. The van der Waals surface area contributed by atoms with Gasteiger partial charge >= 0.3 is 0 Å². The van der Waals surface area contributed by atoms with Crippen LogP contribution in [0, 0.1) is 0 Å². The number of halogens is 1. The zero-order valence-electron chi connectivity index (χ0n) is 12.1. The molecular weight excluding hydrogens is 290 g/mol. The molecule has 0 spiro atoms. The first kappa shape index (κ1) is 15.5. The Morgan fingerprint density at radius 1 is 1.48 bits per heavy atom. The molecule has 2 aromatic heterocycles. The number of nitrogens with zero attached hydrogens (tertiary/aromatic N) is 4. The number of hydrogen-bond donors (Lipinski definition) is 1. The van der Waals surface area contributed by atoms with Crippen LogP contribution in [-0.4, -0.2) is 32.2 Å². The minimum absolute atomic E-state index is 0.0192. The van der Waals surface area contributed by atoms with Crippen LogP contribution in [-0.2, 0) is 11.3 Å². The zero-order valence-corrected chi connectivity index (χ0v) is 12.8. The number of hydrogen-bond acceptors (Lipinski definition) is 5. The molecule has 0 bridgehead atoms. The highest BCUT2D eigenvalue weighted by Gasteiger charge is 2.15. The van der Waals surface area contributed by atoms with Gasteiger partial charge in [0.1, 0.15) is 5.69 Å². The largest absolute Gasteiger partial charge is 0.491 e. The Bertz CT molecular complexity index is 638. The lowest BCUT2D eigenvalue weighted by molar-refractivity contribution is 0.294. The van der Waals surface area contributed by atoms with Crippen molar-refractivity contribution in [1.82, 2.24) is 19.5 Å². The maximum Gasteiger partial charge on any atom is 0.222 e. The molecule has 0 aliphatic rings. The van der Waals surface area contributed by atoms with Crippen molar-refractivity contribution in [1.29, 1.82) is 0 Å². The highest BCUT2D eigenvalue weighted by atomic mass is 35.5. The van der Waals surface area contributed by atoms with E-state index in [0.29, 0.717) is 36.1 Å². The van der Waals surface area contributed by atoms with Crippen LogP contribution in [0.5, 0.6) is 0 Å². The molecule has 112 valence electrons. The summed E-state index contributed by atoms with van der Waals surface area (Å²) in [6, 6.07) is 1.73. The van der Waals surface area contributed by atoms with Crippen molar-refractivity contribution in [2.24, 2.45) is 5.73 Å². The van der Waals surface area contributed by atoms with Crippen molar-refractivity contribution in [2.75, 3.05) is 6.61 Å². The molecule has 2 rings (SSSR count). The van der Waals surface area contributed by atoms with Crippen molar-refractivity contribution in [3.05, 3.63) is 36.1 Å². The summed E-state index contributed by atoms with van der Waals surface area (Å²) in [5.41, 5.74) is 7.19. The molecule has 2 N–H and O–H groups in total. The van der Waals surface area contributed by atoms with Crippen LogP contribution < -0.4 is 5.73 Å². The lowest BCUT2D eigenvalue weighted by Gasteiger charge is -2.11. The lowest BCUT2D eigenvalue weighted by atomic mass is 10.3. The molecule has 0 aromatic carbocycles. The third-order valence-corrected chi connectivity index (χ3v) is 2.90. The normalized spacial score (nSPS) is 12.2. The fraction of sp³-hybridized carbons (Fsp3) is 0.357. The number of rotatable bonds is 6. The van der Waals surface area contributed by atoms with Crippen LogP contribution in [0.15, 0.2) is 25.0 Å². The standard InChI is InChI=1S/C14H18ClN5O/c1-4-21-10(3)13-18-12(8-20(13)7-9(2)16)11-5-6-17-14(15)19-11/h5-6,8-9H,3-4,7,16H2,1-2H3/t9-/m0/s1. The molecule has 0 saturated carbocycles. The van der Waals surface area contributed by atoms with Crippen LogP contribution in [0.3, 0.4) is 0 Å². The first-order valence-corrected chi connectivity index (χ1v) is 7.02. The third kappa shape index (κ3) is 3.80. The van der Waals surface area contributed by atoms with Gasteiger partial charge in [-0.3, -0.25) is 0 Å². The van der Waals surface area contributed by atoms with Gasteiger partial charge in [-0.25, -0.2) is 15.0 Å². The number of aromatic nitrogens is 4. The first-order valence-electron chi connectivity index (χ1n) is 6.65. The molecule has 6 nitrogen and oxygen atoms in total. The van der Waals surface area contributed by atoms with E-state index in [4.69, 9.17) is 22.1 Å². The third-order valence-electron chi connectivity index (χ3n) is 2.72. The van der Waals surface area contributed by atoms with Crippen LogP contribution in [0.1, 0.15) is 19.7 Å². The Morgan fingerprint density at radius 3 is 2.86 bits per heavy atom. The summed E-state index contributed by atoms with van der Waals surface area (Å²) in [5.74, 6) is 1.14. The van der Waals surface area contributed by atoms with Crippen molar-refractivity contribution in [3.8, 4) is 11.4 Å². The average Bonchev–Trinajstić information content (AvgIpc) is 2.82. The van der Waals surface area contributed by atoms with E-state index in [1.54, 1.807) is 12.3 Å². The summed E-state index contributed by atoms with van der Waals surface area (Å²) in [4.78, 5) is 12.6. The Balaban J connectivity index is 2.42. The van der Waals surface area contributed by atoms with Gasteiger partial charge in [-0.2, -0.15) is 0 Å². The van der Waals surface area contributed by atoms with Crippen LogP contribution in [0.2, 0.25) is 5.28 Å². The predicted molar refractivity (Wildman–Crippen MR) is 82.6 cm³/mol. The molecule has 0 aliphatic carbocycles. The highest BCUT2D eigenvalue weighted by molar-refractivity contribution is 6.28. The second-order valence-corrected chi connectivity index (χ2v) is 4.98. The molecule has 0 aliphatic heterocycles. The van der Waals surface area contributed by atoms with Crippen molar-refractivity contribution >= 4 is 17.4 Å². The molecule has 0 unspecified atom stereocenters. The van der Waals surface area contributed by atoms with Gasteiger partial charge in [0.2, 0.25) is 5.28 Å². The van der Waals surface area contributed by atoms with Crippen LogP contribution in [0.25, 0.3) is 17.1 Å². The summed E-state index contributed by atoms with van der Waals surface area (Å²) in [7, 11) is 0. The molecule has 1 atom stereocenters. The van der Waals surface area contributed by atoms with Gasteiger partial charge in [0.25, 0.3) is 0 Å². The van der Waals surface area contributed by atoms with E-state index >= 15 is 0 Å². The van der Waals surface area contributed by atoms with Gasteiger partial charge in [-0.1, -0.05) is 6.58 Å². The minimum atomic E-state index is -0.0192. The fourth-order valence-electron chi connectivity index (χ4n) is 1.93. The van der Waals surface area contributed by atoms with E-state index in [9.17, 15) is 0 Å². The topological polar surface area (TPSA) is 78.9 Å². The molecule has 2 heterocycles. The predicted octanol–water partition coefficient (Wildman–Crippen LogP) is 2.35. The molecule has 0 fully saturated rings. The van der Waals surface area contributed by atoms with E-state index in [1.807, 2.05) is 24.6 Å². The van der Waals surface area contributed by atoms with E-state index in [-0.39, 0.29) is 11.3 Å². The maximum absolute atomic E-state index is 5.87. The lowest BCUT2D eigenvalue weighted by Crippen LogP contribution is -2.22. The molecule has 0 radical (unpaired) electrons. The molecule has 2 aromatic rings. The quantitative estimate of drug-likeness (QED) is 0.654. The minimum Gasteiger partial charge on any atom is -0.491 e. The van der Waals surface area contributed by atoms with Gasteiger partial charge < -0.3 is 15.0 Å². The molecule has 0 amide bonds. The summed E-state index contributed by atoms with van der Waals surface area (Å²) < 4.78 is 7.36. The monoisotopic (exact) mass is 307 g/mol. The summed E-state index contributed by atoms with van der Waals surface area (Å²) in [5, 5.41) is 0.180. The summed E-state index contributed by atoms with van der Waals surface area (Å²) in [6.07, 6.45) is 3.45. The Labute approximate surface area is 128 Å². The van der Waals surface area contributed by atoms with Crippen LogP contribution >= 0.6 is 11.6 Å². The van der Waals surface area contributed by atoms with Gasteiger partial charge in [0.05, 0.1) is 12.3 Å². The second-order valence-electron chi connectivity index (χ2n) is 4.65. The molecule has 0 saturated heterocycles. The van der Waals surface area contributed by atoms with E-state index in [2.05, 4.69) is 21.5 Å². The number of ether oxygens (including phenoxy) is 1. The van der Waals surface area contributed by atoms with Gasteiger partial charge in [0.15, 0.2) is 11.6 Å². The van der Waals surface area contributed by atoms with Crippen molar-refractivity contribution < 1.29 is 4.74 Å². The summed E-state index contributed by atoms with van der Waals surface area (Å²) >= 11 is 5.82. The van der Waals surface area contributed by atoms with Crippen LogP contribution in [0.4, 0.5) is 0 Å². The molecule has 7 heteroatoms. The van der Waals surface area contributed by atoms with E-state index in [1.165, 1.54) is 0 Å². The van der Waals surface area contributed by atoms with Gasteiger partial charge in [0, 0.05) is 25.0 Å². The average molecular weight is 308 g/mol. The summed E-state index contributed by atoms with van der Waals surface area (Å²) in [6.45, 7) is 8.86. The smallest absolute Gasteiger partial charge is 0.222 e. The molecule has 21 heavy (non-hydrogen) atoms. The SMILES string of the molecule is C=C(OCC)c1nc(-c2ccnc(Cl)n2)cn1C[C@H](C)N. The highest BCUT2D eigenvalue weighted by Crippen LogP contribution is 2.21. The molecular formula is C14H18ClN5O. The fourth-order valence-corrected chi connectivity index (χ4v) is 2.08. The first-order chi connectivity index (χ1) is 10.0.